The minimum Gasteiger partial charge on any atom is -0.480 e. The number of rotatable bonds is 5. The molecule has 6 heteroatoms. The normalized spacial score (nSPS) is 24.1. The molecule has 6 nitrogen and oxygen atoms in total. The van der Waals surface area contributed by atoms with Crippen molar-refractivity contribution in [1.82, 2.24) is 5.32 Å². The quantitative estimate of drug-likeness (QED) is 0.710. The zero-order chi connectivity index (χ0) is 16.2. The molecule has 0 spiro atoms. The van der Waals surface area contributed by atoms with Gasteiger partial charge in [-0.3, -0.25) is 9.59 Å². The Hall–Kier alpha value is -1.59. The van der Waals surface area contributed by atoms with Crippen molar-refractivity contribution < 1.29 is 19.5 Å². The number of hydrogen-bond acceptors (Lipinski definition) is 3. The fourth-order valence-electron chi connectivity index (χ4n) is 2.91. The first-order valence-corrected chi connectivity index (χ1v) is 7.42. The summed E-state index contributed by atoms with van der Waals surface area (Å²) >= 11 is 0. The molecule has 0 heterocycles. The molecule has 1 rings (SSSR count). The summed E-state index contributed by atoms with van der Waals surface area (Å²) in [7, 11) is 0. The van der Waals surface area contributed by atoms with Gasteiger partial charge in [-0.1, -0.05) is 20.8 Å². The van der Waals surface area contributed by atoms with Crippen molar-refractivity contribution in [2.45, 2.75) is 58.9 Å². The Morgan fingerprint density at radius 3 is 2.10 bits per heavy atom. The number of hydrogen-bond donors (Lipinski definition) is 3. The van der Waals surface area contributed by atoms with Gasteiger partial charge in [-0.25, -0.2) is 4.79 Å². The van der Waals surface area contributed by atoms with Gasteiger partial charge < -0.3 is 16.2 Å². The highest BCUT2D eigenvalue weighted by molar-refractivity contribution is 5.88. The molecule has 0 radical (unpaired) electrons. The molecule has 2 amide bonds. The molecule has 1 saturated carbocycles. The van der Waals surface area contributed by atoms with Crippen molar-refractivity contribution in [1.29, 1.82) is 0 Å². The zero-order valence-corrected chi connectivity index (χ0v) is 13.0. The van der Waals surface area contributed by atoms with Crippen molar-refractivity contribution in [3.63, 3.8) is 0 Å². The van der Waals surface area contributed by atoms with Crippen LogP contribution in [0.15, 0.2) is 0 Å². The van der Waals surface area contributed by atoms with Crippen molar-refractivity contribution >= 4 is 17.8 Å². The Bertz CT molecular complexity index is 406. The predicted molar refractivity (Wildman–Crippen MR) is 78.3 cm³/mol. The van der Waals surface area contributed by atoms with E-state index in [1.54, 1.807) is 0 Å². The SMILES string of the molecule is CC(C)(C)C1CCC(C(=O)N[C@@H](CC(N)=O)C(=O)O)CC1. The van der Waals surface area contributed by atoms with Crippen LogP contribution in [0.3, 0.4) is 0 Å². The van der Waals surface area contributed by atoms with E-state index in [2.05, 4.69) is 26.1 Å². The molecular weight excluding hydrogens is 272 g/mol. The standard InChI is InChI=1S/C15H26N2O4/c1-15(2,3)10-6-4-9(5-7-10)13(19)17-11(14(20)21)8-12(16)18/h9-11H,4-8H2,1-3H3,(H2,16,18)(H,17,19)(H,20,21)/t9?,10?,11-/m0/s1. The highest BCUT2D eigenvalue weighted by Crippen LogP contribution is 2.39. The molecular formula is C15H26N2O4. The van der Waals surface area contributed by atoms with Crippen LogP contribution >= 0.6 is 0 Å². The molecule has 1 aliphatic carbocycles. The summed E-state index contributed by atoms with van der Waals surface area (Å²) in [6.07, 6.45) is 3.08. The molecule has 0 bridgehead atoms. The van der Waals surface area contributed by atoms with E-state index < -0.39 is 17.9 Å². The van der Waals surface area contributed by atoms with E-state index in [1.165, 1.54) is 0 Å². The van der Waals surface area contributed by atoms with E-state index >= 15 is 0 Å². The predicted octanol–water partition coefficient (Wildman–Crippen LogP) is 1.28. The average Bonchev–Trinajstić information content (AvgIpc) is 2.36. The molecule has 0 aromatic carbocycles. The minimum absolute atomic E-state index is 0.168. The van der Waals surface area contributed by atoms with Gasteiger partial charge in [-0.05, 0) is 37.0 Å². The Balaban J connectivity index is 2.53. The lowest BCUT2D eigenvalue weighted by Gasteiger charge is -2.36. The summed E-state index contributed by atoms with van der Waals surface area (Å²) in [5.41, 5.74) is 5.23. The lowest BCUT2D eigenvalue weighted by molar-refractivity contribution is -0.144. The second kappa shape index (κ2) is 6.91. The van der Waals surface area contributed by atoms with Crippen LogP contribution in [0.4, 0.5) is 0 Å². The molecule has 0 aromatic rings. The first-order chi connectivity index (χ1) is 9.61. The van der Waals surface area contributed by atoms with Crippen LogP contribution in [0.5, 0.6) is 0 Å². The maximum absolute atomic E-state index is 12.1. The van der Waals surface area contributed by atoms with E-state index in [4.69, 9.17) is 10.8 Å². The Kier molecular flexibility index (Phi) is 5.75. The van der Waals surface area contributed by atoms with E-state index in [1.807, 2.05) is 0 Å². The molecule has 0 unspecified atom stereocenters. The van der Waals surface area contributed by atoms with Gasteiger partial charge >= 0.3 is 5.97 Å². The van der Waals surface area contributed by atoms with Crippen molar-refractivity contribution in [3.05, 3.63) is 0 Å². The average molecular weight is 298 g/mol. The van der Waals surface area contributed by atoms with Crippen LogP contribution in [0.2, 0.25) is 0 Å². The van der Waals surface area contributed by atoms with Gasteiger partial charge in [-0.15, -0.1) is 0 Å². The van der Waals surface area contributed by atoms with Crippen molar-refractivity contribution in [2.75, 3.05) is 0 Å². The smallest absolute Gasteiger partial charge is 0.326 e. The molecule has 0 aromatic heterocycles. The number of carboxylic acids is 1. The van der Waals surface area contributed by atoms with Crippen LogP contribution < -0.4 is 11.1 Å². The molecule has 0 aliphatic heterocycles. The molecule has 0 saturated heterocycles. The third-order valence-electron chi connectivity index (χ3n) is 4.34. The van der Waals surface area contributed by atoms with Crippen LogP contribution in [-0.2, 0) is 14.4 Å². The first kappa shape index (κ1) is 17.5. The lowest BCUT2D eigenvalue weighted by Crippen LogP contribution is -2.46. The number of carbonyl (C=O) groups is 3. The zero-order valence-electron chi connectivity index (χ0n) is 13.0. The minimum atomic E-state index is -1.23. The maximum Gasteiger partial charge on any atom is 0.326 e. The van der Waals surface area contributed by atoms with Crippen molar-refractivity contribution in [3.8, 4) is 0 Å². The topological polar surface area (TPSA) is 109 Å². The van der Waals surface area contributed by atoms with Crippen molar-refractivity contribution in [2.24, 2.45) is 23.0 Å². The third kappa shape index (κ3) is 5.36. The number of nitrogens with one attached hydrogen (secondary N) is 1. The number of carbonyl (C=O) groups excluding carboxylic acids is 2. The van der Waals surface area contributed by atoms with Crippen LogP contribution in [0, 0.1) is 17.3 Å². The number of primary amides is 1. The number of nitrogens with two attached hydrogens (primary N) is 1. The second-order valence-electron chi connectivity index (χ2n) is 6.98. The van der Waals surface area contributed by atoms with Gasteiger partial charge in [-0.2, -0.15) is 0 Å². The van der Waals surface area contributed by atoms with Gasteiger partial charge in [0.05, 0.1) is 6.42 Å². The largest absolute Gasteiger partial charge is 0.480 e. The summed E-state index contributed by atoms with van der Waals surface area (Å²) in [6.45, 7) is 6.60. The number of carboxylic acid groups (broad SMARTS) is 1. The molecule has 1 aliphatic rings. The summed E-state index contributed by atoms with van der Waals surface area (Å²) in [4.78, 5) is 34.0. The van der Waals surface area contributed by atoms with E-state index in [0.29, 0.717) is 5.92 Å². The van der Waals surface area contributed by atoms with Gasteiger partial charge in [0.15, 0.2) is 0 Å². The summed E-state index contributed by atoms with van der Waals surface area (Å²) in [5.74, 6) is -1.83. The van der Waals surface area contributed by atoms with Gasteiger partial charge in [0.1, 0.15) is 6.04 Å². The maximum atomic E-state index is 12.1. The highest BCUT2D eigenvalue weighted by Gasteiger charge is 2.33. The summed E-state index contributed by atoms with van der Waals surface area (Å²) in [6, 6.07) is -1.23. The van der Waals surface area contributed by atoms with Gasteiger partial charge in [0, 0.05) is 5.92 Å². The molecule has 120 valence electrons. The fourth-order valence-corrected chi connectivity index (χ4v) is 2.91. The first-order valence-electron chi connectivity index (χ1n) is 7.42. The molecule has 1 fully saturated rings. The van der Waals surface area contributed by atoms with Gasteiger partial charge in [0.25, 0.3) is 0 Å². The van der Waals surface area contributed by atoms with E-state index in [0.717, 1.165) is 25.7 Å². The Labute approximate surface area is 125 Å². The highest BCUT2D eigenvalue weighted by atomic mass is 16.4. The summed E-state index contributed by atoms with van der Waals surface area (Å²) < 4.78 is 0. The lowest BCUT2D eigenvalue weighted by atomic mass is 9.69. The second-order valence-corrected chi connectivity index (χ2v) is 6.98. The van der Waals surface area contributed by atoms with Crippen LogP contribution in [0.1, 0.15) is 52.9 Å². The Morgan fingerprint density at radius 1 is 1.19 bits per heavy atom. The Morgan fingerprint density at radius 2 is 1.71 bits per heavy atom. The number of aliphatic carboxylic acids is 1. The van der Waals surface area contributed by atoms with Crippen LogP contribution in [0.25, 0.3) is 0 Å². The molecule has 1 atom stereocenters. The summed E-state index contributed by atoms with van der Waals surface area (Å²) in [5, 5.41) is 11.4. The fraction of sp³-hybridized carbons (Fsp3) is 0.800. The molecule has 4 N–H and O–H groups in total. The van der Waals surface area contributed by atoms with Crippen LogP contribution in [-0.4, -0.2) is 28.9 Å². The molecule has 21 heavy (non-hydrogen) atoms. The number of amides is 2. The van der Waals surface area contributed by atoms with E-state index in [-0.39, 0.29) is 23.7 Å². The van der Waals surface area contributed by atoms with Gasteiger partial charge in [0.2, 0.25) is 11.8 Å². The van der Waals surface area contributed by atoms with E-state index in [9.17, 15) is 14.4 Å². The monoisotopic (exact) mass is 298 g/mol. The third-order valence-corrected chi connectivity index (χ3v) is 4.34.